The topological polar surface area (TPSA) is 18.5 Å². The molecular weight excluding hydrogens is 283 g/mol. The lowest BCUT2D eigenvalue weighted by molar-refractivity contribution is 0.00578. The molecule has 1 heterocycles. The largest absolute Gasteiger partial charge is 0.494 e. The molecule has 5 rings (SSSR count). The maximum absolute atomic E-state index is 6.20. The highest BCUT2D eigenvalue weighted by molar-refractivity contribution is 6.62. The van der Waals surface area contributed by atoms with Crippen molar-refractivity contribution in [3.05, 3.63) is 29.3 Å². The molecule has 1 aliphatic heterocycles. The second kappa shape index (κ2) is 5.93. The van der Waals surface area contributed by atoms with Crippen LogP contribution in [0.15, 0.2) is 18.2 Å². The minimum absolute atomic E-state index is 0.222. The summed E-state index contributed by atoms with van der Waals surface area (Å²) in [4.78, 5) is 0. The monoisotopic (exact) mass is 314 g/mol. The van der Waals surface area contributed by atoms with Crippen LogP contribution in [0.5, 0.6) is 0 Å². The normalized spacial score (nSPS) is 29.7. The van der Waals surface area contributed by atoms with Gasteiger partial charge in [-0.3, -0.25) is 0 Å². The Morgan fingerprint density at radius 3 is 1.83 bits per heavy atom. The standard InChI is InChI=1S/C18H25BO2.C2H6/c1-17(2)18(3,4)21-19(20-17)14-9-10-15-12-5-7-13(8-6-12)16(15)11-14;1-2/h9-13H,5-8H2,1-4H3;1-2H3. The lowest BCUT2D eigenvalue weighted by atomic mass is 9.65. The molecule has 23 heavy (non-hydrogen) atoms. The molecule has 0 unspecified atom stereocenters. The van der Waals surface area contributed by atoms with Crippen molar-refractivity contribution < 1.29 is 9.31 Å². The van der Waals surface area contributed by atoms with Gasteiger partial charge in [0.2, 0.25) is 0 Å². The zero-order valence-corrected chi connectivity index (χ0v) is 15.6. The molecule has 4 aliphatic rings. The average Bonchev–Trinajstić information content (AvgIpc) is 2.78. The molecule has 0 amide bonds. The van der Waals surface area contributed by atoms with E-state index in [1.54, 1.807) is 11.1 Å². The Bertz CT molecular complexity index is 555. The van der Waals surface area contributed by atoms with Crippen LogP contribution in [0.25, 0.3) is 0 Å². The third-order valence-electron chi connectivity index (χ3n) is 6.24. The van der Waals surface area contributed by atoms with Crippen molar-refractivity contribution in [3.63, 3.8) is 0 Å². The fraction of sp³-hybridized carbons (Fsp3) is 0.700. The van der Waals surface area contributed by atoms with Gasteiger partial charge in [0.1, 0.15) is 0 Å². The summed E-state index contributed by atoms with van der Waals surface area (Å²) in [6.07, 6.45) is 5.50. The van der Waals surface area contributed by atoms with Gasteiger partial charge in [-0.25, -0.2) is 0 Å². The Morgan fingerprint density at radius 1 is 0.826 bits per heavy atom. The lowest BCUT2D eigenvalue weighted by Gasteiger charge is -2.38. The van der Waals surface area contributed by atoms with Gasteiger partial charge in [0.15, 0.2) is 0 Å². The zero-order valence-electron chi connectivity index (χ0n) is 15.6. The van der Waals surface area contributed by atoms with Gasteiger partial charge in [0.05, 0.1) is 11.2 Å². The van der Waals surface area contributed by atoms with Crippen molar-refractivity contribution in [2.24, 2.45) is 0 Å². The van der Waals surface area contributed by atoms with Crippen LogP contribution in [-0.4, -0.2) is 18.3 Å². The molecule has 1 saturated heterocycles. The van der Waals surface area contributed by atoms with Crippen molar-refractivity contribution in [2.75, 3.05) is 0 Å². The predicted octanol–water partition coefficient (Wildman–Crippen LogP) is 4.77. The number of hydrogen-bond acceptors (Lipinski definition) is 2. The van der Waals surface area contributed by atoms with Crippen LogP contribution in [0, 0.1) is 0 Å². The van der Waals surface area contributed by atoms with E-state index in [0.717, 1.165) is 11.8 Å². The van der Waals surface area contributed by atoms with E-state index in [9.17, 15) is 0 Å². The highest BCUT2D eigenvalue weighted by Gasteiger charge is 2.52. The van der Waals surface area contributed by atoms with Crippen molar-refractivity contribution in [1.82, 2.24) is 0 Å². The van der Waals surface area contributed by atoms with Gasteiger partial charge in [-0.15, -0.1) is 0 Å². The molecule has 2 bridgehead atoms. The zero-order chi connectivity index (χ0) is 16.8. The second-order valence-corrected chi connectivity index (χ2v) is 8.03. The van der Waals surface area contributed by atoms with Crippen molar-refractivity contribution in [2.45, 2.75) is 90.3 Å². The van der Waals surface area contributed by atoms with Gasteiger partial charge in [0, 0.05) is 0 Å². The Morgan fingerprint density at radius 2 is 1.30 bits per heavy atom. The van der Waals surface area contributed by atoms with Gasteiger partial charge < -0.3 is 9.31 Å². The van der Waals surface area contributed by atoms with E-state index in [-0.39, 0.29) is 18.3 Å². The molecule has 0 N–H and O–H groups in total. The average molecular weight is 314 g/mol. The third kappa shape index (κ3) is 2.76. The molecule has 2 nitrogen and oxygen atoms in total. The van der Waals surface area contributed by atoms with Crippen LogP contribution in [-0.2, 0) is 9.31 Å². The van der Waals surface area contributed by atoms with Crippen LogP contribution in [0.4, 0.5) is 0 Å². The predicted molar refractivity (Wildman–Crippen MR) is 97.5 cm³/mol. The molecule has 0 radical (unpaired) electrons. The van der Waals surface area contributed by atoms with E-state index < -0.39 is 0 Å². The summed E-state index contributed by atoms with van der Waals surface area (Å²) in [6.45, 7) is 12.5. The number of fused-ring (bicyclic) bond motifs is 2. The van der Waals surface area contributed by atoms with Crippen LogP contribution >= 0.6 is 0 Å². The van der Waals surface area contributed by atoms with E-state index in [0.29, 0.717) is 0 Å². The summed E-state index contributed by atoms with van der Waals surface area (Å²) in [5.41, 5.74) is 3.85. The highest BCUT2D eigenvalue weighted by atomic mass is 16.7. The number of rotatable bonds is 1. The first-order valence-corrected chi connectivity index (χ1v) is 9.37. The molecule has 3 aliphatic carbocycles. The molecule has 2 fully saturated rings. The van der Waals surface area contributed by atoms with Gasteiger partial charge in [-0.05, 0) is 81.8 Å². The molecule has 0 atom stereocenters. The molecule has 1 aromatic carbocycles. The van der Waals surface area contributed by atoms with Gasteiger partial charge in [-0.1, -0.05) is 32.0 Å². The summed E-state index contributed by atoms with van der Waals surface area (Å²) >= 11 is 0. The summed E-state index contributed by atoms with van der Waals surface area (Å²) in [5.74, 6) is 1.57. The van der Waals surface area contributed by atoms with E-state index >= 15 is 0 Å². The fourth-order valence-electron chi connectivity index (χ4n) is 4.16. The SMILES string of the molecule is CC.CC1(C)OB(c2ccc3c(c2)C2CCC3CC2)OC1(C)C. The minimum atomic E-state index is -0.257. The van der Waals surface area contributed by atoms with Crippen LogP contribution in [0.2, 0.25) is 0 Å². The van der Waals surface area contributed by atoms with Crippen LogP contribution < -0.4 is 5.46 Å². The van der Waals surface area contributed by atoms with Crippen molar-refractivity contribution in [1.29, 1.82) is 0 Å². The maximum atomic E-state index is 6.20. The smallest absolute Gasteiger partial charge is 0.399 e. The molecule has 0 spiro atoms. The molecule has 1 saturated carbocycles. The van der Waals surface area contributed by atoms with Crippen LogP contribution in [0.3, 0.4) is 0 Å². The Hall–Kier alpha value is -0.795. The summed E-state index contributed by atoms with van der Waals surface area (Å²) in [6, 6.07) is 6.93. The first kappa shape index (κ1) is 17.0. The lowest BCUT2D eigenvalue weighted by Crippen LogP contribution is -2.41. The summed E-state index contributed by atoms with van der Waals surface area (Å²) < 4.78 is 12.4. The number of benzene rings is 1. The highest BCUT2D eigenvalue weighted by Crippen LogP contribution is 2.49. The first-order chi connectivity index (χ1) is 10.9. The minimum Gasteiger partial charge on any atom is -0.399 e. The number of hydrogen-bond donors (Lipinski definition) is 0. The summed E-state index contributed by atoms with van der Waals surface area (Å²) in [5, 5.41) is 0. The molecule has 3 heteroatoms. The van der Waals surface area contributed by atoms with Crippen LogP contribution in [0.1, 0.15) is 90.2 Å². The summed E-state index contributed by atoms with van der Waals surface area (Å²) in [7, 11) is -0.222. The molecule has 126 valence electrons. The van der Waals surface area contributed by atoms with Crippen molar-refractivity contribution in [3.8, 4) is 0 Å². The van der Waals surface area contributed by atoms with Gasteiger partial charge >= 0.3 is 7.12 Å². The molecular formula is C20H31BO2. The molecule has 0 aromatic heterocycles. The third-order valence-corrected chi connectivity index (χ3v) is 6.24. The van der Waals surface area contributed by atoms with Crippen molar-refractivity contribution >= 4 is 12.6 Å². The Labute approximate surface area is 142 Å². The second-order valence-electron chi connectivity index (χ2n) is 8.03. The fourth-order valence-corrected chi connectivity index (χ4v) is 4.16. The van der Waals surface area contributed by atoms with E-state index in [2.05, 4.69) is 45.9 Å². The van der Waals surface area contributed by atoms with Gasteiger partial charge in [0.25, 0.3) is 0 Å². The van der Waals surface area contributed by atoms with E-state index in [4.69, 9.17) is 9.31 Å². The maximum Gasteiger partial charge on any atom is 0.494 e. The van der Waals surface area contributed by atoms with Gasteiger partial charge in [-0.2, -0.15) is 0 Å². The first-order valence-electron chi connectivity index (χ1n) is 9.37. The Kier molecular flexibility index (Phi) is 4.39. The quantitative estimate of drug-likeness (QED) is 0.695. The van der Waals surface area contributed by atoms with E-state index in [1.165, 1.54) is 31.1 Å². The molecule has 1 aromatic rings. The van der Waals surface area contributed by atoms with E-state index in [1.807, 2.05) is 13.8 Å². The Balaban J connectivity index is 0.000000753.